The molecule has 0 spiro atoms. The summed E-state index contributed by atoms with van der Waals surface area (Å²) in [5.41, 5.74) is 0.387. The zero-order valence-corrected chi connectivity index (χ0v) is 17.6. The van der Waals surface area contributed by atoms with Gasteiger partial charge in [-0.1, -0.05) is 30.3 Å². The molecule has 0 aromatic heterocycles. The van der Waals surface area contributed by atoms with E-state index in [1.54, 1.807) is 25.7 Å². The van der Waals surface area contributed by atoms with Crippen LogP contribution in [0.4, 0.5) is 4.79 Å². The van der Waals surface area contributed by atoms with Crippen molar-refractivity contribution < 1.29 is 19.1 Å². The monoisotopic (exact) mass is 401 g/mol. The molecule has 2 N–H and O–H groups in total. The van der Waals surface area contributed by atoms with E-state index in [9.17, 15) is 14.4 Å². The maximum absolute atomic E-state index is 13.1. The maximum atomic E-state index is 13.1. The Balaban J connectivity index is 1.64. The molecule has 7 heteroatoms. The average Bonchev–Trinajstić information content (AvgIpc) is 3.08. The molecular weight excluding hydrogens is 370 g/mol. The summed E-state index contributed by atoms with van der Waals surface area (Å²) in [4.78, 5) is 39.8. The van der Waals surface area contributed by atoms with Crippen molar-refractivity contribution in [1.82, 2.24) is 15.5 Å². The number of hydrogen-bond acceptors (Lipinski definition) is 4. The van der Waals surface area contributed by atoms with E-state index in [2.05, 4.69) is 10.6 Å². The number of carbonyl (C=O) groups excluding carboxylic acids is 3. The molecule has 2 saturated heterocycles. The maximum Gasteiger partial charge on any atom is 0.408 e. The summed E-state index contributed by atoms with van der Waals surface area (Å²) in [6, 6.07) is 8.51. The van der Waals surface area contributed by atoms with Crippen LogP contribution in [0.5, 0.6) is 0 Å². The fraction of sp³-hybridized carbons (Fsp3) is 0.591. The Labute approximate surface area is 172 Å². The van der Waals surface area contributed by atoms with Gasteiger partial charge in [-0.3, -0.25) is 9.59 Å². The van der Waals surface area contributed by atoms with Crippen molar-refractivity contribution >= 4 is 17.9 Å². The van der Waals surface area contributed by atoms with Gasteiger partial charge in [0.15, 0.2) is 0 Å². The van der Waals surface area contributed by atoms with E-state index in [1.165, 1.54) is 0 Å². The summed E-state index contributed by atoms with van der Waals surface area (Å²) >= 11 is 0. The zero-order valence-electron chi connectivity index (χ0n) is 17.6. The van der Waals surface area contributed by atoms with Crippen molar-refractivity contribution in [2.45, 2.75) is 83.1 Å². The highest BCUT2D eigenvalue weighted by molar-refractivity contribution is 5.92. The van der Waals surface area contributed by atoms with Gasteiger partial charge >= 0.3 is 6.09 Å². The van der Waals surface area contributed by atoms with Crippen LogP contribution in [0.2, 0.25) is 0 Å². The van der Waals surface area contributed by atoms with Crippen molar-refractivity contribution in [3.63, 3.8) is 0 Å². The van der Waals surface area contributed by atoms with Gasteiger partial charge in [0.1, 0.15) is 17.7 Å². The number of amides is 3. The SMILES string of the molecule is C[C@@H](NC(=O)[C@@H]1CC[C@@H]2CC[C@@H](NC(=O)OC(C)(C)C)C(=O)N21)c1ccccc1. The van der Waals surface area contributed by atoms with E-state index in [1.807, 2.05) is 37.3 Å². The van der Waals surface area contributed by atoms with Crippen molar-refractivity contribution in [2.75, 3.05) is 0 Å². The second-order valence-electron chi connectivity index (χ2n) is 8.91. The molecule has 3 amide bonds. The van der Waals surface area contributed by atoms with Gasteiger partial charge in [-0.2, -0.15) is 0 Å². The van der Waals surface area contributed by atoms with E-state index < -0.39 is 23.8 Å². The third-order valence-electron chi connectivity index (χ3n) is 5.50. The summed E-state index contributed by atoms with van der Waals surface area (Å²) in [6.07, 6.45) is 2.18. The Morgan fingerprint density at radius 1 is 1.10 bits per heavy atom. The minimum absolute atomic E-state index is 0.0574. The summed E-state index contributed by atoms with van der Waals surface area (Å²) < 4.78 is 5.28. The summed E-state index contributed by atoms with van der Waals surface area (Å²) in [5.74, 6) is -0.341. The summed E-state index contributed by atoms with van der Waals surface area (Å²) in [7, 11) is 0. The van der Waals surface area contributed by atoms with Gasteiger partial charge in [0.25, 0.3) is 0 Å². The Hall–Kier alpha value is -2.57. The predicted molar refractivity (Wildman–Crippen MR) is 109 cm³/mol. The first kappa shape index (κ1) is 21.1. The largest absolute Gasteiger partial charge is 0.444 e. The van der Waals surface area contributed by atoms with Crippen molar-refractivity contribution in [2.24, 2.45) is 0 Å². The molecule has 0 aliphatic carbocycles. The lowest BCUT2D eigenvalue weighted by molar-refractivity contribution is -0.144. The third-order valence-corrected chi connectivity index (χ3v) is 5.50. The Morgan fingerprint density at radius 3 is 2.41 bits per heavy atom. The van der Waals surface area contributed by atoms with Gasteiger partial charge in [0.2, 0.25) is 11.8 Å². The molecule has 3 rings (SSSR count). The molecule has 2 aliphatic rings. The highest BCUT2D eigenvalue weighted by atomic mass is 16.6. The molecule has 2 heterocycles. The number of piperidine rings is 1. The molecule has 0 saturated carbocycles. The van der Waals surface area contributed by atoms with E-state index in [4.69, 9.17) is 4.74 Å². The highest BCUT2D eigenvalue weighted by Crippen LogP contribution is 2.33. The van der Waals surface area contributed by atoms with Gasteiger partial charge in [0.05, 0.1) is 6.04 Å². The predicted octanol–water partition coefficient (Wildman–Crippen LogP) is 2.91. The number of alkyl carbamates (subject to hydrolysis) is 1. The van der Waals surface area contributed by atoms with E-state index in [0.717, 1.165) is 18.4 Å². The fourth-order valence-corrected chi connectivity index (χ4v) is 4.14. The highest BCUT2D eigenvalue weighted by Gasteiger charge is 2.46. The van der Waals surface area contributed by atoms with Crippen LogP contribution < -0.4 is 10.6 Å². The van der Waals surface area contributed by atoms with Crippen LogP contribution in [0.1, 0.15) is 65.0 Å². The number of benzene rings is 1. The van der Waals surface area contributed by atoms with Gasteiger partial charge in [-0.05, 0) is 58.9 Å². The zero-order chi connectivity index (χ0) is 21.2. The van der Waals surface area contributed by atoms with Crippen molar-refractivity contribution in [3.8, 4) is 0 Å². The number of nitrogens with zero attached hydrogens (tertiary/aromatic N) is 1. The molecule has 2 fully saturated rings. The van der Waals surface area contributed by atoms with Crippen LogP contribution in [-0.4, -0.2) is 46.5 Å². The minimum atomic E-state index is -0.652. The quantitative estimate of drug-likeness (QED) is 0.812. The number of nitrogens with one attached hydrogen (secondary N) is 2. The number of fused-ring (bicyclic) bond motifs is 1. The molecule has 29 heavy (non-hydrogen) atoms. The number of rotatable bonds is 4. The molecule has 0 radical (unpaired) electrons. The van der Waals surface area contributed by atoms with Crippen LogP contribution in [0, 0.1) is 0 Å². The topological polar surface area (TPSA) is 87.7 Å². The summed E-state index contributed by atoms with van der Waals surface area (Å²) in [5, 5.41) is 5.71. The van der Waals surface area contributed by atoms with Crippen LogP contribution in [-0.2, 0) is 14.3 Å². The molecule has 0 unspecified atom stereocenters. The Morgan fingerprint density at radius 2 is 1.76 bits per heavy atom. The molecule has 158 valence electrons. The smallest absolute Gasteiger partial charge is 0.408 e. The molecule has 1 aromatic carbocycles. The molecule has 0 bridgehead atoms. The lowest BCUT2D eigenvalue weighted by Crippen LogP contribution is -2.59. The Bertz CT molecular complexity index is 759. The second-order valence-corrected chi connectivity index (χ2v) is 8.91. The molecule has 7 nitrogen and oxygen atoms in total. The first-order chi connectivity index (χ1) is 13.7. The first-order valence-corrected chi connectivity index (χ1v) is 10.3. The van der Waals surface area contributed by atoms with Gasteiger partial charge in [-0.25, -0.2) is 4.79 Å². The third kappa shape index (κ3) is 5.08. The van der Waals surface area contributed by atoms with Gasteiger partial charge in [-0.15, -0.1) is 0 Å². The lowest BCUT2D eigenvalue weighted by atomic mass is 9.98. The van der Waals surface area contributed by atoms with Crippen molar-refractivity contribution in [3.05, 3.63) is 35.9 Å². The van der Waals surface area contributed by atoms with Gasteiger partial charge < -0.3 is 20.3 Å². The number of ether oxygens (including phenoxy) is 1. The number of hydrogen-bond donors (Lipinski definition) is 2. The lowest BCUT2D eigenvalue weighted by Gasteiger charge is -2.38. The Kier molecular flexibility index (Phi) is 6.15. The molecular formula is C22H31N3O4. The average molecular weight is 402 g/mol. The molecule has 1 aromatic rings. The van der Waals surface area contributed by atoms with E-state index in [-0.39, 0.29) is 23.9 Å². The number of carbonyl (C=O) groups is 3. The van der Waals surface area contributed by atoms with E-state index in [0.29, 0.717) is 12.8 Å². The summed E-state index contributed by atoms with van der Waals surface area (Å²) in [6.45, 7) is 7.27. The van der Waals surface area contributed by atoms with Crippen molar-refractivity contribution in [1.29, 1.82) is 0 Å². The van der Waals surface area contributed by atoms with Crippen LogP contribution in [0.15, 0.2) is 30.3 Å². The fourth-order valence-electron chi connectivity index (χ4n) is 4.14. The minimum Gasteiger partial charge on any atom is -0.444 e. The second kappa shape index (κ2) is 8.43. The molecule has 2 aliphatic heterocycles. The van der Waals surface area contributed by atoms with Gasteiger partial charge in [0, 0.05) is 6.04 Å². The molecule has 4 atom stereocenters. The van der Waals surface area contributed by atoms with Crippen LogP contribution in [0.3, 0.4) is 0 Å². The van der Waals surface area contributed by atoms with Crippen LogP contribution >= 0.6 is 0 Å². The van der Waals surface area contributed by atoms with Crippen LogP contribution in [0.25, 0.3) is 0 Å². The normalized spacial score (nSPS) is 25.2. The first-order valence-electron chi connectivity index (χ1n) is 10.3. The van der Waals surface area contributed by atoms with E-state index >= 15 is 0 Å². The standard InChI is InChI=1S/C22H31N3O4/c1-14(15-8-6-5-7-9-15)23-19(26)18-13-11-16-10-12-17(20(27)25(16)18)24-21(28)29-22(2,3)4/h5-9,14,16-18H,10-13H2,1-4H3,(H,23,26)(H,24,28)/t14-,16+,17-,18+/m1/s1.